The Bertz CT molecular complexity index is 687. The fourth-order valence-electron chi connectivity index (χ4n) is 2.46. The summed E-state index contributed by atoms with van der Waals surface area (Å²) in [7, 11) is 1.49. The van der Waals surface area contributed by atoms with Gasteiger partial charge in [-0.1, -0.05) is 60.7 Å². The largest absolute Gasteiger partial charge is 0.462 e. The maximum atomic E-state index is 12.1. The minimum absolute atomic E-state index is 0.102. The Labute approximate surface area is 177 Å². The first-order valence-electron chi connectivity index (χ1n) is 9.87. The van der Waals surface area contributed by atoms with Crippen LogP contribution in [0.25, 0.3) is 0 Å². The van der Waals surface area contributed by atoms with Gasteiger partial charge in [0.15, 0.2) is 0 Å². The third kappa shape index (κ3) is 8.63. The molecule has 0 spiro atoms. The Morgan fingerprint density at radius 3 is 1.73 bits per heavy atom. The van der Waals surface area contributed by atoms with Crippen LogP contribution in [-0.4, -0.2) is 56.5 Å². The molecular formula is C23H29NO6. The van der Waals surface area contributed by atoms with Crippen molar-refractivity contribution in [3.63, 3.8) is 0 Å². The van der Waals surface area contributed by atoms with Crippen molar-refractivity contribution in [1.29, 1.82) is 0 Å². The van der Waals surface area contributed by atoms with Gasteiger partial charge in [0.1, 0.15) is 19.3 Å². The van der Waals surface area contributed by atoms with Crippen molar-refractivity contribution in [2.45, 2.75) is 26.2 Å². The van der Waals surface area contributed by atoms with E-state index in [0.29, 0.717) is 13.2 Å². The highest BCUT2D eigenvalue weighted by molar-refractivity contribution is 5.80. The first-order valence-corrected chi connectivity index (χ1v) is 9.87. The topological polar surface area (TPSA) is 74.3 Å². The summed E-state index contributed by atoms with van der Waals surface area (Å²) in [5.74, 6) is -0.516. The number of amides is 1. The van der Waals surface area contributed by atoms with Crippen molar-refractivity contribution in [3.05, 3.63) is 71.8 Å². The van der Waals surface area contributed by atoms with Crippen LogP contribution in [0.5, 0.6) is 0 Å². The molecule has 1 amide bonds. The highest BCUT2D eigenvalue weighted by Gasteiger charge is 2.24. The summed E-state index contributed by atoms with van der Waals surface area (Å²) in [6, 6.07) is 18.7. The molecule has 1 unspecified atom stereocenters. The summed E-state index contributed by atoms with van der Waals surface area (Å²) in [6.07, 6.45) is -0.608. The third-order valence-electron chi connectivity index (χ3n) is 4.36. The summed E-state index contributed by atoms with van der Waals surface area (Å²) in [4.78, 5) is 25.4. The Balaban J connectivity index is 1.55. The number of nitrogens with zero attached hydrogens (tertiary/aromatic N) is 1. The number of rotatable bonds is 12. The van der Waals surface area contributed by atoms with Crippen LogP contribution in [0.2, 0.25) is 0 Å². The highest BCUT2D eigenvalue weighted by atomic mass is 16.6. The molecule has 0 aliphatic rings. The Morgan fingerprint density at radius 1 is 0.767 bits per heavy atom. The van der Waals surface area contributed by atoms with Crippen molar-refractivity contribution >= 4 is 12.1 Å². The number of esters is 1. The van der Waals surface area contributed by atoms with Gasteiger partial charge in [0, 0.05) is 7.05 Å². The summed E-state index contributed by atoms with van der Waals surface area (Å²) in [6.45, 7) is 3.25. The average molecular weight is 415 g/mol. The lowest BCUT2D eigenvalue weighted by molar-refractivity contribution is -0.150. The van der Waals surface area contributed by atoms with E-state index >= 15 is 0 Å². The SMILES string of the molecule is CC(C(=O)OCCOCc1ccccc1)N(C)C(=O)OCCOCc1ccccc1. The molecule has 0 fully saturated rings. The minimum Gasteiger partial charge on any atom is -0.462 e. The molecule has 2 aromatic rings. The van der Waals surface area contributed by atoms with Crippen molar-refractivity contribution in [2.24, 2.45) is 0 Å². The van der Waals surface area contributed by atoms with Gasteiger partial charge in [-0.15, -0.1) is 0 Å². The lowest BCUT2D eigenvalue weighted by Gasteiger charge is -2.22. The van der Waals surface area contributed by atoms with Gasteiger partial charge < -0.3 is 18.9 Å². The molecule has 0 aliphatic heterocycles. The molecule has 0 radical (unpaired) electrons. The van der Waals surface area contributed by atoms with Crippen molar-refractivity contribution in [3.8, 4) is 0 Å². The molecule has 0 N–H and O–H groups in total. The van der Waals surface area contributed by atoms with E-state index < -0.39 is 18.1 Å². The lowest BCUT2D eigenvalue weighted by atomic mass is 10.2. The number of benzene rings is 2. The predicted octanol–water partition coefficient (Wildman–Crippen LogP) is 3.42. The zero-order valence-corrected chi connectivity index (χ0v) is 17.5. The second-order valence-electron chi connectivity index (χ2n) is 6.65. The maximum absolute atomic E-state index is 12.1. The van der Waals surface area contributed by atoms with E-state index in [9.17, 15) is 9.59 Å². The first kappa shape index (κ1) is 23.4. The fourth-order valence-corrected chi connectivity index (χ4v) is 2.46. The fraction of sp³-hybridized carbons (Fsp3) is 0.391. The van der Waals surface area contributed by atoms with Crippen molar-refractivity contribution < 1.29 is 28.5 Å². The molecule has 7 heteroatoms. The number of hydrogen-bond donors (Lipinski definition) is 0. The molecule has 0 heterocycles. The summed E-state index contributed by atoms with van der Waals surface area (Å²) in [5, 5.41) is 0. The molecule has 0 saturated heterocycles. The number of hydrogen-bond acceptors (Lipinski definition) is 6. The third-order valence-corrected chi connectivity index (χ3v) is 4.36. The van der Waals surface area contributed by atoms with Crippen LogP contribution >= 0.6 is 0 Å². The molecule has 162 valence electrons. The Morgan fingerprint density at radius 2 is 1.23 bits per heavy atom. The van der Waals surface area contributed by atoms with E-state index in [1.165, 1.54) is 11.9 Å². The summed E-state index contributed by atoms with van der Waals surface area (Å²) in [5.41, 5.74) is 2.09. The van der Waals surface area contributed by atoms with Gasteiger partial charge in [0.2, 0.25) is 0 Å². The van der Waals surface area contributed by atoms with Crippen molar-refractivity contribution in [1.82, 2.24) is 4.90 Å². The predicted molar refractivity (Wildman–Crippen MR) is 112 cm³/mol. The number of likely N-dealkylation sites (N-methyl/N-ethyl adjacent to an activating group) is 1. The maximum Gasteiger partial charge on any atom is 0.410 e. The van der Waals surface area contributed by atoms with Crippen LogP contribution in [0.3, 0.4) is 0 Å². The minimum atomic E-state index is -0.767. The molecule has 0 aliphatic carbocycles. The molecule has 2 aromatic carbocycles. The highest BCUT2D eigenvalue weighted by Crippen LogP contribution is 2.04. The van der Waals surface area contributed by atoms with E-state index in [-0.39, 0.29) is 26.4 Å². The smallest absolute Gasteiger partial charge is 0.410 e. The van der Waals surface area contributed by atoms with Crippen LogP contribution in [0.4, 0.5) is 4.79 Å². The first-order chi connectivity index (χ1) is 14.6. The van der Waals surface area contributed by atoms with Crippen LogP contribution in [0, 0.1) is 0 Å². The number of ether oxygens (including phenoxy) is 4. The van der Waals surface area contributed by atoms with E-state index in [1.54, 1.807) is 6.92 Å². The monoisotopic (exact) mass is 415 g/mol. The van der Waals surface area contributed by atoms with Crippen LogP contribution < -0.4 is 0 Å². The standard InChI is InChI=1S/C23H29NO6/c1-19(22(25)29-15-13-27-17-20-9-5-3-6-10-20)24(2)23(26)30-16-14-28-18-21-11-7-4-8-12-21/h3-12,19H,13-18H2,1-2H3. The number of carbonyl (C=O) groups is 2. The zero-order chi connectivity index (χ0) is 21.6. The summed E-state index contributed by atoms with van der Waals surface area (Å²) >= 11 is 0. The van der Waals surface area contributed by atoms with Crippen LogP contribution in [-0.2, 0) is 37.0 Å². The second kappa shape index (κ2) is 13.3. The molecule has 0 saturated carbocycles. The number of carbonyl (C=O) groups excluding carboxylic acids is 2. The second-order valence-corrected chi connectivity index (χ2v) is 6.65. The van der Waals surface area contributed by atoms with Crippen molar-refractivity contribution in [2.75, 3.05) is 33.5 Å². The zero-order valence-electron chi connectivity index (χ0n) is 17.5. The van der Waals surface area contributed by atoms with Crippen LogP contribution in [0.15, 0.2) is 60.7 Å². The van der Waals surface area contributed by atoms with Gasteiger partial charge in [-0.05, 0) is 18.1 Å². The quantitative estimate of drug-likeness (QED) is 0.391. The van der Waals surface area contributed by atoms with E-state index in [0.717, 1.165) is 11.1 Å². The molecule has 0 bridgehead atoms. The lowest BCUT2D eigenvalue weighted by Crippen LogP contribution is -2.42. The molecule has 7 nitrogen and oxygen atoms in total. The van der Waals surface area contributed by atoms with Crippen LogP contribution in [0.1, 0.15) is 18.1 Å². The van der Waals surface area contributed by atoms with Gasteiger partial charge in [0.25, 0.3) is 0 Å². The Kier molecular flexibility index (Phi) is 10.4. The van der Waals surface area contributed by atoms with Gasteiger partial charge >= 0.3 is 12.1 Å². The van der Waals surface area contributed by atoms with Gasteiger partial charge in [-0.2, -0.15) is 0 Å². The normalized spacial score (nSPS) is 11.5. The molecule has 0 aromatic heterocycles. The Hall–Kier alpha value is -2.90. The van der Waals surface area contributed by atoms with Gasteiger partial charge in [-0.25, -0.2) is 9.59 Å². The van der Waals surface area contributed by atoms with E-state index in [2.05, 4.69) is 0 Å². The molecule has 1 atom stereocenters. The van der Waals surface area contributed by atoms with Gasteiger partial charge in [0.05, 0.1) is 26.4 Å². The molecule has 30 heavy (non-hydrogen) atoms. The van der Waals surface area contributed by atoms with E-state index in [4.69, 9.17) is 18.9 Å². The molecule has 2 rings (SSSR count). The average Bonchev–Trinajstić information content (AvgIpc) is 2.78. The summed E-state index contributed by atoms with van der Waals surface area (Å²) < 4.78 is 21.2. The van der Waals surface area contributed by atoms with E-state index in [1.807, 2.05) is 60.7 Å². The van der Waals surface area contributed by atoms with Gasteiger partial charge in [-0.3, -0.25) is 4.90 Å². The molecular weight excluding hydrogens is 386 g/mol.